The molecule has 2 heterocycles. The van der Waals surface area contributed by atoms with Crippen LogP contribution >= 0.6 is 11.3 Å². The van der Waals surface area contributed by atoms with Crippen molar-refractivity contribution in [1.29, 1.82) is 0 Å². The number of carbonyl (C=O) groups excluding carboxylic acids is 2. The predicted octanol–water partition coefficient (Wildman–Crippen LogP) is 4.45. The molecule has 1 N–H and O–H groups in total. The molecule has 2 aromatic carbocycles. The van der Waals surface area contributed by atoms with Crippen LogP contribution in [0.1, 0.15) is 23.0 Å². The summed E-state index contributed by atoms with van der Waals surface area (Å²) < 4.78 is 1.96. The van der Waals surface area contributed by atoms with Crippen molar-refractivity contribution in [2.75, 3.05) is 5.32 Å². The summed E-state index contributed by atoms with van der Waals surface area (Å²) in [6.45, 7) is 1.51. The minimum atomic E-state index is -0.134. The lowest BCUT2D eigenvalue weighted by atomic mass is 10.1. The number of benzene rings is 2. The first kappa shape index (κ1) is 17.2. The van der Waals surface area contributed by atoms with Crippen molar-refractivity contribution in [3.05, 3.63) is 77.4 Å². The zero-order valence-electron chi connectivity index (χ0n) is 14.7. The minimum absolute atomic E-state index is 0.0301. The lowest BCUT2D eigenvalue weighted by molar-refractivity contribution is -0.115. The van der Waals surface area contributed by atoms with Gasteiger partial charge in [0.15, 0.2) is 10.7 Å². The van der Waals surface area contributed by atoms with Crippen LogP contribution in [0.15, 0.2) is 66.2 Å². The molecule has 0 atom stereocenters. The van der Waals surface area contributed by atoms with E-state index in [2.05, 4.69) is 10.3 Å². The third kappa shape index (κ3) is 3.66. The summed E-state index contributed by atoms with van der Waals surface area (Å²) in [6.07, 6.45) is 2.19. The largest absolute Gasteiger partial charge is 0.326 e. The van der Waals surface area contributed by atoms with Crippen molar-refractivity contribution < 1.29 is 9.59 Å². The molecule has 0 fully saturated rings. The summed E-state index contributed by atoms with van der Waals surface area (Å²) in [6, 6.07) is 16.9. The zero-order chi connectivity index (χ0) is 18.8. The summed E-state index contributed by atoms with van der Waals surface area (Å²) in [7, 11) is 0. The first-order valence-corrected chi connectivity index (χ1v) is 9.40. The Morgan fingerprint density at radius 1 is 1.11 bits per heavy atom. The van der Waals surface area contributed by atoms with Gasteiger partial charge >= 0.3 is 0 Å². The van der Waals surface area contributed by atoms with Crippen LogP contribution in [0.4, 0.5) is 5.69 Å². The molecule has 0 radical (unpaired) electrons. The maximum absolute atomic E-state index is 12.5. The fourth-order valence-electron chi connectivity index (χ4n) is 2.89. The number of thiazole rings is 1. The first-order chi connectivity index (χ1) is 13.1. The van der Waals surface area contributed by atoms with Crippen molar-refractivity contribution in [1.82, 2.24) is 9.38 Å². The Hall–Kier alpha value is -3.25. The third-order valence-electron chi connectivity index (χ3n) is 4.25. The van der Waals surface area contributed by atoms with Crippen LogP contribution in [0, 0.1) is 0 Å². The summed E-state index contributed by atoms with van der Waals surface area (Å²) in [5.41, 5.74) is 4.01. The Bertz CT molecular complexity index is 1130. The molecule has 0 aliphatic rings. The van der Waals surface area contributed by atoms with Gasteiger partial charge < -0.3 is 5.32 Å². The Labute approximate surface area is 160 Å². The topological polar surface area (TPSA) is 63.5 Å². The molecule has 4 rings (SSSR count). The van der Waals surface area contributed by atoms with Crippen LogP contribution in [0.5, 0.6) is 0 Å². The highest BCUT2D eigenvalue weighted by atomic mass is 32.1. The molecule has 6 heteroatoms. The number of nitrogens with one attached hydrogen (secondary N) is 1. The molecular formula is C21H17N3O2S. The molecule has 1 amide bonds. The highest BCUT2D eigenvalue weighted by molar-refractivity contribution is 7.15. The fraction of sp³-hybridized carbons (Fsp3) is 0.0952. The molecule has 0 saturated carbocycles. The molecule has 134 valence electrons. The van der Waals surface area contributed by atoms with Gasteiger partial charge in [-0.05, 0) is 19.1 Å². The lowest BCUT2D eigenvalue weighted by Gasteiger charge is -2.06. The number of aromatic nitrogens is 2. The van der Waals surface area contributed by atoms with Crippen LogP contribution in [0.2, 0.25) is 0 Å². The van der Waals surface area contributed by atoms with Gasteiger partial charge in [0.05, 0.1) is 12.1 Å². The second-order valence-corrected chi connectivity index (χ2v) is 7.07. The van der Waals surface area contributed by atoms with E-state index in [1.807, 2.05) is 46.3 Å². The smallest absolute Gasteiger partial charge is 0.230 e. The number of nitrogens with zero attached hydrogens (tertiary/aromatic N) is 2. The number of hydrogen-bond acceptors (Lipinski definition) is 4. The van der Waals surface area contributed by atoms with Crippen LogP contribution in [-0.4, -0.2) is 21.1 Å². The van der Waals surface area contributed by atoms with Crippen LogP contribution in [0.3, 0.4) is 0 Å². The number of Topliss-reactive ketones (excluding diaryl/α,β-unsaturated/α-hetero) is 1. The zero-order valence-corrected chi connectivity index (χ0v) is 15.5. The average Bonchev–Trinajstić information content (AvgIpc) is 3.25. The molecule has 0 unspecified atom stereocenters. The Kier molecular flexibility index (Phi) is 4.56. The van der Waals surface area contributed by atoms with E-state index in [4.69, 9.17) is 0 Å². The first-order valence-electron chi connectivity index (χ1n) is 8.52. The fourth-order valence-corrected chi connectivity index (χ4v) is 3.76. The Morgan fingerprint density at radius 3 is 2.70 bits per heavy atom. The minimum Gasteiger partial charge on any atom is -0.326 e. The Balaban J connectivity index is 1.53. The molecule has 2 aromatic heterocycles. The third-order valence-corrected chi connectivity index (χ3v) is 5.14. The van der Waals surface area contributed by atoms with E-state index in [1.165, 1.54) is 18.3 Å². The van der Waals surface area contributed by atoms with E-state index in [1.54, 1.807) is 24.3 Å². The number of amides is 1. The normalized spacial score (nSPS) is 10.9. The number of anilines is 1. The molecule has 4 aromatic rings. The monoisotopic (exact) mass is 375 g/mol. The maximum atomic E-state index is 12.5. The molecule has 5 nitrogen and oxygen atoms in total. The SMILES string of the molecule is CC(=O)c1cccc(NC(=O)Cc2csc3nc(-c4ccccc4)cn23)c1. The average molecular weight is 375 g/mol. The number of imidazole rings is 1. The number of hydrogen-bond donors (Lipinski definition) is 1. The maximum Gasteiger partial charge on any atom is 0.230 e. The quantitative estimate of drug-likeness (QED) is 0.524. The van der Waals surface area contributed by atoms with E-state index < -0.39 is 0 Å². The van der Waals surface area contributed by atoms with Gasteiger partial charge in [-0.15, -0.1) is 11.3 Å². The summed E-state index contributed by atoms with van der Waals surface area (Å²) in [5.74, 6) is -0.164. The van der Waals surface area contributed by atoms with Gasteiger partial charge in [0.2, 0.25) is 5.91 Å². The van der Waals surface area contributed by atoms with Crippen LogP contribution in [0.25, 0.3) is 16.2 Å². The van der Waals surface area contributed by atoms with Crippen molar-refractivity contribution in [2.45, 2.75) is 13.3 Å². The number of rotatable bonds is 5. The molecule has 0 saturated heterocycles. The van der Waals surface area contributed by atoms with E-state index >= 15 is 0 Å². The van der Waals surface area contributed by atoms with Gasteiger partial charge in [-0.1, -0.05) is 42.5 Å². The van der Waals surface area contributed by atoms with Gasteiger partial charge in [-0.2, -0.15) is 0 Å². The van der Waals surface area contributed by atoms with Crippen LogP contribution < -0.4 is 5.32 Å². The molecule has 0 bridgehead atoms. The van der Waals surface area contributed by atoms with Crippen molar-refractivity contribution in [3.63, 3.8) is 0 Å². The molecule has 0 aliphatic heterocycles. The Morgan fingerprint density at radius 2 is 1.93 bits per heavy atom. The summed E-state index contributed by atoms with van der Waals surface area (Å²) in [4.78, 5) is 29.4. The lowest BCUT2D eigenvalue weighted by Crippen LogP contribution is -2.15. The molecule has 27 heavy (non-hydrogen) atoms. The van der Waals surface area contributed by atoms with Crippen molar-refractivity contribution in [2.24, 2.45) is 0 Å². The van der Waals surface area contributed by atoms with Gasteiger partial charge in [-0.3, -0.25) is 14.0 Å². The predicted molar refractivity (Wildman–Crippen MR) is 107 cm³/mol. The van der Waals surface area contributed by atoms with Gasteiger partial charge in [0, 0.05) is 34.1 Å². The van der Waals surface area contributed by atoms with E-state index in [-0.39, 0.29) is 18.1 Å². The molecule has 0 aliphatic carbocycles. The van der Waals surface area contributed by atoms with Crippen molar-refractivity contribution >= 4 is 33.7 Å². The highest BCUT2D eigenvalue weighted by Gasteiger charge is 2.13. The number of ketones is 1. The van der Waals surface area contributed by atoms with E-state index in [0.29, 0.717) is 11.3 Å². The second-order valence-electron chi connectivity index (χ2n) is 6.23. The number of carbonyl (C=O) groups is 2. The highest BCUT2D eigenvalue weighted by Crippen LogP contribution is 2.24. The van der Waals surface area contributed by atoms with Crippen LogP contribution in [-0.2, 0) is 11.2 Å². The van der Waals surface area contributed by atoms with E-state index in [0.717, 1.165) is 21.9 Å². The van der Waals surface area contributed by atoms with Gasteiger partial charge in [0.1, 0.15) is 0 Å². The second kappa shape index (κ2) is 7.17. The molecular weight excluding hydrogens is 358 g/mol. The summed E-state index contributed by atoms with van der Waals surface area (Å²) >= 11 is 1.51. The van der Waals surface area contributed by atoms with Gasteiger partial charge in [0.25, 0.3) is 0 Å². The van der Waals surface area contributed by atoms with Gasteiger partial charge in [-0.25, -0.2) is 4.98 Å². The van der Waals surface area contributed by atoms with E-state index in [9.17, 15) is 9.59 Å². The number of fused-ring (bicyclic) bond motifs is 1. The van der Waals surface area contributed by atoms with Crippen molar-refractivity contribution in [3.8, 4) is 11.3 Å². The molecule has 0 spiro atoms. The standard InChI is InChI=1S/C21H17N3O2S/c1-14(25)16-8-5-9-17(10-16)22-20(26)11-18-13-27-21-23-19(12-24(18)21)15-6-3-2-4-7-15/h2-10,12-13H,11H2,1H3,(H,22,26). The summed E-state index contributed by atoms with van der Waals surface area (Å²) in [5, 5.41) is 4.81.